The highest BCUT2D eigenvalue weighted by Gasteiger charge is 2.32. The quantitative estimate of drug-likeness (QED) is 0.889. The van der Waals surface area contributed by atoms with Crippen molar-refractivity contribution in [3.8, 4) is 0 Å². The summed E-state index contributed by atoms with van der Waals surface area (Å²) in [6, 6.07) is 9.62. The summed E-state index contributed by atoms with van der Waals surface area (Å²) in [5, 5.41) is 3.84. The van der Waals surface area contributed by atoms with Crippen LogP contribution in [0.25, 0.3) is 0 Å². The Morgan fingerprint density at radius 2 is 2.11 bits per heavy atom. The number of nitrogens with one attached hydrogen (secondary N) is 1. The lowest BCUT2D eigenvalue weighted by molar-refractivity contribution is 0.346. The van der Waals surface area contributed by atoms with E-state index in [1.165, 1.54) is 37.3 Å². The van der Waals surface area contributed by atoms with Crippen LogP contribution in [0.3, 0.4) is 0 Å². The zero-order valence-corrected chi connectivity index (χ0v) is 12.9. The molecule has 1 aliphatic carbocycles. The van der Waals surface area contributed by atoms with Crippen molar-refractivity contribution < 1.29 is 0 Å². The molecule has 1 heterocycles. The highest BCUT2D eigenvalue weighted by Crippen LogP contribution is 2.41. The van der Waals surface area contributed by atoms with Crippen LogP contribution in [0.5, 0.6) is 0 Å². The van der Waals surface area contributed by atoms with Gasteiger partial charge in [-0.25, -0.2) is 0 Å². The van der Waals surface area contributed by atoms with Gasteiger partial charge in [-0.1, -0.05) is 38.1 Å². The molecule has 1 saturated heterocycles. The van der Waals surface area contributed by atoms with Crippen LogP contribution in [0.2, 0.25) is 0 Å². The largest absolute Gasteiger partial charge is 0.310 e. The van der Waals surface area contributed by atoms with Gasteiger partial charge in [-0.15, -0.1) is 0 Å². The molecular weight excluding hydrogens is 250 g/mol. The predicted octanol–water partition coefficient (Wildman–Crippen LogP) is 4.14. The van der Waals surface area contributed by atoms with Gasteiger partial charge in [-0.3, -0.25) is 0 Å². The Morgan fingerprint density at radius 1 is 1.26 bits per heavy atom. The maximum Gasteiger partial charge on any atom is 0.0323 e. The summed E-state index contributed by atoms with van der Waals surface area (Å²) in [7, 11) is 0. The van der Waals surface area contributed by atoms with Crippen molar-refractivity contribution in [2.45, 2.75) is 44.6 Å². The molecule has 0 amide bonds. The minimum Gasteiger partial charge on any atom is -0.310 e. The third-order valence-corrected chi connectivity index (χ3v) is 6.03. The monoisotopic (exact) mass is 275 g/mol. The fourth-order valence-electron chi connectivity index (χ4n) is 3.48. The highest BCUT2D eigenvalue weighted by atomic mass is 32.2. The molecule has 2 atom stereocenters. The zero-order chi connectivity index (χ0) is 13.3. The standard InChI is InChI=1S/C17H25NS/c1-17(2)9-7-16(14-5-3-4-6-15(14)17)18-11-13-8-10-19-12-13/h3-6,13,16,18H,7-12H2,1-2H3. The van der Waals surface area contributed by atoms with E-state index in [1.54, 1.807) is 11.1 Å². The van der Waals surface area contributed by atoms with Gasteiger partial charge in [-0.05, 0) is 59.8 Å². The van der Waals surface area contributed by atoms with E-state index in [0.29, 0.717) is 11.5 Å². The van der Waals surface area contributed by atoms with E-state index < -0.39 is 0 Å². The highest BCUT2D eigenvalue weighted by molar-refractivity contribution is 7.99. The van der Waals surface area contributed by atoms with Crippen LogP contribution in [0.1, 0.15) is 50.3 Å². The van der Waals surface area contributed by atoms with Gasteiger partial charge >= 0.3 is 0 Å². The molecule has 1 nitrogen and oxygen atoms in total. The van der Waals surface area contributed by atoms with E-state index in [2.05, 4.69) is 55.2 Å². The third-order valence-electron chi connectivity index (χ3n) is 4.80. The summed E-state index contributed by atoms with van der Waals surface area (Å²) >= 11 is 2.11. The molecule has 0 bridgehead atoms. The average Bonchev–Trinajstić information content (AvgIpc) is 2.91. The van der Waals surface area contributed by atoms with E-state index >= 15 is 0 Å². The normalized spacial score (nSPS) is 29.2. The fraction of sp³-hybridized carbons (Fsp3) is 0.647. The summed E-state index contributed by atoms with van der Waals surface area (Å²) in [5.41, 5.74) is 3.45. The second kappa shape index (κ2) is 5.49. The van der Waals surface area contributed by atoms with E-state index in [9.17, 15) is 0 Å². The second-order valence-electron chi connectivity index (χ2n) is 6.70. The first-order valence-corrected chi connectivity index (χ1v) is 8.73. The first kappa shape index (κ1) is 13.5. The molecule has 1 aromatic carbocycles. The molecule has 0 saturated carbocycles. The van der Waals surface area contributed by atoms with Crippen LogP contribution in [0.15, 0.2) is 24.3 Å². The molecule has 1 aromatic rings. The number of benzene rings is 1. The van der Waals surface area contributed by atoms with Gasteiger partial charge < -0.3 is 5.32 Å². The van der Waals surface area contributed by atoms with Gasteiger partial charge in [0.15, 0.2) is 0 Å². The summed E-state index contributed by atoms with van der Waals surface area (Å²) in [6.07, 6.45) is 3.97. The predicted molar refractivity (Wildman–Crippen MR) is 84.9 cm³/mol. The van der Waals surface area contributed by atoms with Crippen molar-refractivity contribution in [3.05, 3.63) is 35.4 Å². The summed E-state index contributed by atoms with van der Waals surface area (Å²) in [6.45, 7) is 5.97. The van der Waals surface area contributed by atoms with E-state index in [4.69, 9.17) is 0 Å². The Hall–Kier alpha value is -0.470. The SMILES string of the molecule is CC1(C)CCC(NCC2CCSC2)c2ccccc21. The number of hydrogen-bond acceptors (Lipinski definition) is 2. The van der Waals surface area contributed by atoms with Gasteiger partial charge in [-0.2, -0.15) is 11.8 Å². The van der Waals surface area contributed by atoms with Crippen molar-refractivity contribution in [2.24, 2.45) is 5.92 Å². The fourth-order valence-corrected chi connectivity index (χ4v) is 4.76. The lowest BCUT2D eigenvalue weighted by Gasteiger charge is -2.37. The Bertz CT molecular complexity index is 435. The topological polar surface area (TPSA) is 12.0 Å². The lowest BCUT2D eigenvalue weighted by atomic mass is 9.71. The lowest BCUT2D eigenvalue weighted by Crippen LogP contribution is -2.34. The number of hydrogen-bond donors (Lipinski definition) is 1. The minimum absolute atomic E-state index is 0.345. The van der Waals surface area contributed by atoms with Crippen LogP contribution in [0.4, 0.5) is 0 Å². The molecule has 2 heteroatoms. The maximum absolute atomic E-state index is 3.84. The second-order valence-corrected chi connectivity index (χ2v) is 7.85. The Morgan fingerprint density at radius 3 is 2.89 bits per heavy atom. The van der Waals surface area contributed by atoms with Crippen molar-refractivity contribution in [1.29, 1.82) is 0 Å². The van der Waals surface area contributed by atoms with Gasteiger partial charge in [0.25, 0.3) is 0 Å². The average molecular weight is 275 g/mol. The molecule has 3 rings (SSSR count). The number of thioether (sulfide) groups is 1. The van der Waals surface area contributed by atoms with Crippen molar-refractivity contribution in [3.63, 3.8) is 0 Å². The molecule has 1 fully saturated rings. The number of fused-ring (bicyclic) bond motifs is 1. The van der Waals surface area contributed by atoms with Gasteiger partial charge in [0, 0.05) is 6.04 Å². The van der Waals surface area contributed by atoms with Crippen molar-refractivity contribution in [2.75, 3.05) is 18.1 Å². The smallest absolute Gasteiger partial charge is 0.0323 e. The van der Waals surface area contributed by atoms with Crippen molar-refractivity contribution in [1.82, 2.24) is 5.32 Å². The molecular formula is C17H25NS. The van der Waals surface area contributed by atoms with Crippen LogP contribution < -0.4 is 5.32 Å². The van der Waals surface area contributed by atoms with Crippen LogP contribution in [-0.2, 0) is 5.41 Å². The third kappa shape index (κ3) is 2.85. The summed E-state index contributed by atoms with van der Waals surface area (Å²) in [5.74, 6) is 3.61. The Balaban J connectivity index is 1.73. The number of rotatable bonds is 3. The molecule has 0 spiro atoms. The first-order valence-electron chi connectivity index (χ1n) is 7.57. The Labute approximate surface area is 121 Å². The molecule has 19 heavy (non-hydrogen) atoms. The van der Waals surface area contributed by atoms with Gasteiger partial charge in [0.1, 0.15) is 0 Å². The van der Waals surface area contributed by atoms with E-state index in [1.807, 2.05) is 0 Å². The summed E-state index contributed by atoms with van der Waals surface area (Å²) < 4.78 is 0. The minimum atomic E-state index is 0.345. The van der Waals surface area contributed by atoms with Crippen molar-refractivity contribution >= 4 is 11.8 Å². The van der Waals surface area contributed by atoms with E-state index in [-0.39, 0.29) is 0 Å². The molecule has 2 aliphatic rings. The molecule has 0 aromatic heterocycles. The van der Waals surface area contributed by atoms with Crippen LogP contribution in [-0.4, -0.2) is 18.1 Å². The maximum atomic E-state index is 3.84. The van der Waals surface area contributed by atoms with E-state index in [0.717, 1.165) is 5.92 Å². The summed E-state index contributed by atoms with van der Waals surface area (Å²) in [4.78, 5) is 0. The first-order chi connectivity index (χ1) is 9.17. The molecule has 1 aliphatic heterocycles. The van der Waals surface area contributed by atoms with Crippen LogP contribution >= 0.6 is 11.8 Å². The van der Waals surface area contributed by atoms with Gasteiger partial charge in [0.2, 0.25) is 0 Å². The molecule has 0 radical (unpaired) electrons. The van der Waals surface area contributed by atoms with Gasteiger partial charge in [0.05, 0.1) is 0 Å². The van der Waals surface area contributed by atoms with Crippen LogP contribution in [0, 0.1) is 5.92 Å². The zero-order valence-electron chi connectivity index (χ0n) is 12.1. The molecule has 104 valence electrons. The molecule has 2 unspecified atom stereocenters. The Kier molecular flexibility index (Phi) is 3.91. The molecule has 1 N–H and O–H groups in total.